The van der Waals surface area contributed by atoms with Crippen molar-refractivity contribution in [3.63, 3.8) is 0 Å². The Kier molecular flexibility index (Phi) is 2.91. The number of pyridine rings is 1. The maximum atomic E-state index is 10.3. The molecular weight excluding hydrogens is 188 g/mol. The van der Waals surface area contributed by atoms with Crippen molar-refractivity contribution >= 4 is 5.69 Å². The molecule has 0 spiro atoms. The second kappa shape index (κ2) is 4.19. The topological polar surface area (TPSA) is 36.4 Å². The van der Waals surface area contributed by atoms with Crippen LogP contribution in [0.4, 0.5) is 5.69 Å². The Morgan fingerprint density at radius 1 is 1.33 bits per heavy atom. The third-order valence-electron chi connectivity index (χ3n) is 3.17. The van der Waals surface area contributed by atoms with Gasteiger partial charge in [0.05, 0.1) is 5.60 Å². The Bertz CT molecular complexity index is 307. The molecular formula is C12H18N2O. The van der Waals surface area contributed by atoms with Gasteiger partial charge in [0.2, 0.25) is 0 Å². The number of likely N-dealkylation sites (N-methyl/N-ethyl adjacent to an activating group) is 1. The molecule has 0 aromatic carbocycles. The zero-order chi connectivity index (χ0) is 10.7. The van der Waals surface area contributed by atoms with Gasteiger partial charge in [0.1, 0.15) is 0 Å². The Balaban J connectivity index is 2.00. The molecule has 1 fully saturated rings. The Labute approximate surface area is 90.8 Å². The predicted octanol–water partition coefficient (Wildman–Crippen LogP) is 1.82. The first-order valence-electron chi connectivity index (χ1n) is 5.53. The van der Waals surface area contributed by atoms with E-state index in [4.69, 9.17) is 0 Å². The van der Waals surface area contributed by atoms with E-state index < -0.39 is 5.60 Å². The highest BCUT2D eigenvalue weighted by Gasteiger charge is 2.32. The lowest BCUT2D eigenvalue weighted by Crippen LogP contribution is -2.39. The van der Waals surface area contributed by atoms with Crippen LogP contribution in [-0.2, 0) is 0 Å². The van der Waals surface area contributed by atoms with Gasteiger partial charge in [-0.05, 0) is 25.0 Å². The average molecular weight is 206 g/mol. The van der Waals surface area contributed by atoms with Crippen molar-refractivity contribution in [2.24, 2.45) is 0 Å². The van der Waals surface area contributed by atoms with Crippen molar-refractivity contribution in [1.29, 1.82) is 0 Å². The number of nitrogens with zero attached hydrogens (tertiary/aromatic N) is 2. The van der Waals surface area contributed by atoms with E-state index in [-0.39, 0.29) is 0 Å². The normalized spacial score (nSPS) is 19.1. The first-order chi connectivity index (χ1) is 7.20. The van der Waals surface area contributed by atoms with Gasteiger partial charge in [-0.1, -0.05) is 12.8 Å². The summed E-state index contributed by atoms with van der Waals surface area (Å²) >= 11 is 0. The van der Waals surface area contributed by atoms with Crippen molar-refractivity contribution in [2.45, 2.75) is 31.3 Å². The van der Waals surface area contributed by atoms with Crippen molar-refractivity contribution in [1.82, 2.24) is 4.98 Å². The number of hydrogen-bond acceptors (Lipinski definition) is 3. The number of aliphatic hydroxyl groups is 1. The van der Waals surface area contributed by atoms with Crippen molar-refractivity contribution in [3.05, 3.63) is 24.5 Å². The summed E-state index contributed by atoms with van der Waals surface area (Å²) in [5.74, 6) is 0. The second-order valence-corrected chi connectivity index (χ2v) is 4.49. The maximum absolute atomic E-state index is 10.3. The van der Waals surface area contributed by atoms with Gasteiger partial charge < -0.3 is 10.0 Å². The fourth-order valence-electron chi connectivity index (χ4n) is 2.32. The molecule has 1 aliphatic carbocycles. The minimum Gasteiger partial charge on any atom is -0.388 e. The molecule has 0 atom stereocenters. The molecule has 82 valence electrons. The molecule has 0 bridgehead atoms. The Morgan fingerprint density at radius 3 is 2.53 bits per heavy atom. The average Bonchev–Trinajstić information content (AvgIpc) is 2.66. The minimum absolute atomic E-state index is 0.474. The number of anilines is 1. The quantitative estimate of drug-likeness (QED) is 0.819. The van der Waals surface area contributed by atoms with E-state index in [0.29, 0.717) is 0 Å². The summed E-state index contributed by atoms with van der Waals surface area (Å²) in [4.78, 5) is 6.09. The lowest BCUT2D eigenvalue weighted by atomic mass is 10.0. The fraction of sp³-hybridized carbons (Fsp3) is 0.583. The van der Waals surface area contributed by atoms with Gasteiger partial charge in [0.25, 0.3) is 0 Å². The molecule has 2 rings (SSSR count). The van der Waals surface area contributed by atoms with Crippen molar-refractivity contribution in [3.8, 4) is 0 Å². The van der Waals surface area contributed by atoms with Gasteiger partial charge in [-0.3, -0.25) is 4.98 Å². The Hall–Kier alpha value is -1.09. The zero-order valence-electron chi connectivity index (χ0n) is 9.19. The van der Waals surface area contributed by atoms with Crippen LogP contribution in [0.1, 0.15) is 25.7 Å². The molecule has 0 radical (unpaired) electrons. The molecule has 1 N–H and O–H groups in total. The molecule has 0 aliphatic heterocycles. The van der Waals surface area contributed by atoms with Crippen molar-refractivity contribution in [2.75, 3.05) is 18.5 Å². The lowest BCUT2D eigenvalue weighted by Gasteiger charge is -2.29. The Morgan fingerprint density at radius 2 is 1.93 bits per heavy atom. The summed E-state index contributed by atoms with van der Waals surface area (Å²) in [6.45, 7) is 0.719. The van der Waals surface area contributed by atoms with E-state index in [0.717, 1.165) is 37.9 Å². The van der Waals surface area contributed by atoms with E-state index in [1.807, 2.05) is 19.2 Å². The van der Waals surface area contributed by atoms with Crippen LogP contribution < -0.4 is 4.90 Å². The summed E-state index contributed by atoms with van der Waals surface area (Å²) in [5, 5.41) is 10.3. The van der Waals surface area contributed by atoms with Crippen LogP contribution in [0.5, 0.6) is 0 Å². The highest BCUT2D eigenvalue weighted by atomic mass is 16.3. The van der Waals surface area contributed by atoms with Crippen LogP contribution in [0.15, 0.2) is 24.5 Å². The van der Waals surface area contributed by atoms with Gasteiger partial charge in [-0.15, -0.1) is 0 Å². The van der Waals surface area contributed by atoms with E-state index in [1.54, 1.807) is 12.4 Å². The van der Waals surface area contributed by atoms with Gasteiger partial charge in [0.15, 0.2) is 0 Å². The molecule has 0 amide bonds. The third-order valence-corrected chi connectivity index (χ3v) is 3.17. The highest BCUT2D eigenvalue weighted by molar-refractivity contribution is 5.44. The molecule has 15 heavy (non-hydrogen) atoms. The van der Waals surface area contributed by atoms with Crippen LogP contribution in [-0.4, -0.2) is 29.3 Å². The minimum atomic E-state index is -0.474. The van der Waals surface area contributed by atoms with E-state index in [2.05, 4.69) is 9.88 Å². The highest BCUT2D eigenvalue weighted by Crippen LogP contribution is 2.30. The predicted molar refractivity (Wildman–Crippen MR) is 60.9 cm³/mol. The van der Waals surface area contributed by atoms with Crippen LogP contribution >= 0.6 is 0 Å². The largest absolute Gasteiger partial charge is 0.388 e. The molecule has 1 aromatic rings. The smallest absolute Gasteiger partial charge is 0.0821 e. The zero-order valence-corrected chi connectivity index (χ0v) is 9.19. The van der Waals surface area contributed by atoms with Gasteiger partial charge in [0, 0.05) is 31.7 Å². The van der Waals surface area contributed by atoms with Gasteiger partial charge in [-0.25, -0.2) is 0 Å². The van der Waals surface area contributed by atoms with E-state index >= 15 is 0 Å². The monoisotopic (exact) mass is 206 g/mol. The molecule has 1 aliphatic rings. The summed E-state index contributed by atoms with van der Waals surface area (Å²) in [6.07, 6.45) is 7.74. The molecule has 1 saturated carbocycles. The second-order valence-electron chi connectivity index (χ2n) is 4.49. The first kappa shape index (κ1) is 10.4. The van der Waals surface area contributed by atoms with Gasteiger partial charge in [-0.2, -0.15) is 0 Å². The van der Waals surface area contributed by atoms with Gasteiger partial charge >= 0.3 is 0 Å². The standard InChI is InChI=1S/C12H18N2O/c1-14(11-4-8-13-9-5-11)10-12(15)6-2-3-7-12/h4-5,8-9,15H,2-3,6-7,10H2,1H3. The SMILES string of the molecule is CN(CC1(O)CCCC1)c1ccncc1. The first-order valence-corrected chi connectivity index (χ1v) is 5.53. The summed E-state index contributed by atoms with van der Waals surface area (Å²) in [6, 6.07) is 3.94. The fourth-order valence-corrected chi connectivity index (χ4v) is 2.32. The van der Waals surface area contributed by atoms with E-state index in [1.165, 1.54) is 0 Å². The molecule has 1 aromatic heterocycles. The van der Waals surface area contributed by atoms with Crippen LogP contribution in [0.25, 0.3) is 0 Å². The molecule has 0 unspecified atom stereocenters. The summed E-state index contributed by atoms with van der Waals surface area (Å²) < 4.78 is 0. The van der Waals surface area contributed by atoms with Crippen LogP contribution in [0.3, 0.4) is 0 Å². The third kappa shape index (κ3) is 2.48. The number of hydrogen-bond donors (Lipinski definition) is 1. The lowest BCUT2D eigenvalue weighted by molar-refractivity contribution is 0.0559. The molecule has 1 heterocycles. The number of rotatable bonds is 3. The van der Waals surface area contributed by atoms with Crippen LogP contribution in [0, 0.1) is 0 Å². The maximum Gasteiger partial charge on any atom is 0.0821 e. The number of aromatic nitrogens is 1. The molecule has 0 saturated heterocycles. The van der Waals surface area contributed by atoms with Crippen molar-refractivity contribution < 1.29 is 5.11 Å². The van der Waals surface area contributed by atoms with Crippen LogP contribution in [0.2, 0.25) is 0 Å². The van der Waals surface area contributed by atoms with E-state index in [9.17, 15) is 5.11 Å². The summed E-state index contributed by atoms with van der Waals surface area (Å²) in [5.41, 5.74) is 0.642. The molecule has 3 nitrogen and oxygen atoms in total. The summed E-state index contributed by atoms with van der Waals surface area (Å²) in [7, 11) is 2.02. The molecule has 3 heteroatoms.